The van der Waals surface area contributed by atoms with E-state index in [-0.39, 0.29) is 21.8 Å². The topological polar surface area (TPSA) is 75.3 Å². The summed E-state index contributed by atoms with van der Waals surface area (Å²) in [6.07, 6.45) is -5.58. The minimum atomic E-state index is -5.01. The zero-order chi connectivity index (χ0) is 31.3. The fourth-order valence-electron chi connectivity index (χ4n) is 4.35. The summed E-state index contributed by atoms with van der Waals surface area (Å²) >= 11 is 18.4. The van der Waals surface area contributed by atoms with E-state index in [0.717, 1.165) is 25.1 Å². The van der Waals surface area contributed by atoms with Crippen LogP contribution in [0.5, 0.6) is 0 Å². The summed E-state index contributed by atoms with van der Waals surface area (Å²) in [7, 11) is 0. The van der Waals surface area contributed by atoms with Crippen LogP contribution in [0.2, 0.25) is 5.02 Å². The maximum absolute atomic E-state index is 14.4. The molecule has 4 rings (SSSR count). The van der Waals surface area contributed by atoms with Crippen molar-refractivity contribution in [1.82, 2.24) is 0 Å². The monoisotopic (exact) mass is 654 g/mol. The third-order valence-corrected chi connectivity index (χ3v) is 7.65. The average Bonchev–Trinajstić information content (AvgIpc) is 3.47. The number of rotatable bonds is 7. The standard InChI is InChI=1S/C27H16Cl3F7N2O3/c1-10(40)6-12-8-18(22(33)23(34)21(12)32)39-24(41)14-9-13(3-4-16(14)28)38-25(42)20-19(26(20,29)30)11-2-5-17(31)15(7-11)27(35,36)37/h2-5,7-9,19-20H,6H2,1H3,(H,38,42)(H,39,41)/t19-,20+/m0/s1. The first-order valence-corrected chi connectivity index (χ1v) is 12.9. The molecule has 1 fully saturated rings. The lowest BCUT2D eigenvalue weighted by Crippen LogP contribution is -2.19. The van der Waals surface area contributed by atoms with E-state index in [1.807, 2.05) is 5.32 Å². The van der Waals surface area contributed by atoms with Gasteiger partial charge in [-0.05, 0) is 48.9 Å². The van der Waals surface area contributed by atoms with Crippen molar-refractivity contribution in [1.29, 1.82) is 0 Å². The second-order valence-corrected chi connectivity index (χ2v) is 11.3. The lowest BCUT2D eigenvalue weighted by atomic mass is 10.0. The van der Waals surface area contributed by atoms with Crippen molar-refractivity contribution in [2.24, 2.45) is 5.92 Å². The summed E-state index contributed by atoms with van der Waals surface area (Å²) in [5, 5.41) is 4.23. The predicted octanol–water partition coefficient (Wildman–Crippen LogP) is 7.83. The van der Waals surface area contributed by atoms with Gasteiger partial charge in [0.15, 0.2) is 17.5 Å². The first-order valence-electron chi connectivity index (χ1n) is 11.8. The van der Waals surface area contributed by atoms with Crippen LogP contribution in [0, 0.1) is 29.2 Å². The second kappa shape index (κ2) is 11.4. The molecule has 3 aromatic rings. The van der Waals surface area contributed by atoms with E-state index in [0.29, 0.717) is 12.1 Å². The summed E-state index contributed by atoms with van der Waals surface area (Å²) in [5.41, 5.74) is -3.40. The predicted molar refractivity (Wildman–Crippen MR) is 141 cm³/mol. The average molecular weight is 656 g/mol. The molecule has 2 atom stereocenters. The highest BCUT2D eigenvalue weighted by Crippen LogP contribution is 2.65. The number of hydrogen-bond acceptors (Lipinski definition) is 3. The number of hydrogen-bond donors (Lipinski definition) is 2. The first-order chi connectivity index (χ1) is 19.4. The van der Waals surface area contributed by atoms with E-state index in [2.05, 4.69) is 5.32 Å². The molecule has 0 radical (unpaired) electrons. The number of amides is 2. The highest BCUT2D eigenvalue weighted by molar-refractivity contribution is 6.53. The molecular weight excluding hydrogens is 640 g/mol. The Bertz CT molecular complexity index is 1630. The zero-order valence-corrected chi connectivity index (χ0v) is 23.2. The van der Waals surface area contributed by atoms with Gasteiger partial charge in [-0.1, -0.05) is 17.7 Å². The van der Waals surface area contributed by atoms with Gasteiger partial charge >= 0.3 is 6.18 Å². The first kappa shape index (κ1) is 31.6. The largest absolute Gasteiger partial charge is 0.419 e. The lowest BCUT2D eigenvalue weighted by molar-refractivity contribution is -0.140. The van der Waals surface area contributed by atoms with Crippen LogP contribution >= 0.6 is 34.8 Å². The van der Waals surface area contributed by atoms with Crippen molar-refractivity contribution in [2.45, 2.75) is 29.8 Å². The van der Waals surface area contributed by atoms with E-state index < -0.39 is 86.4 Å². The normalized spacial score (nSPS) is 17.5. The Morgan fingerprint density at radius 1 is 0.905 bits per heavy atom. The van der Waals surface area contributed by atoms with Crippen molar-refractivity contribution in [3.8, 4) is 0 Å². The van der Waals surface area contributed by atoms with Gasteiger partial charge in [0.25, 0.3) is 5.91 Å². The van der Waals surface area contributed by atoms with Crippen molar-refractivity contribution >= 4 is 63.8 Å². The minimum Gasteiger partial charge on any atom is -0.326 e. The Labute approximate surface area is 247 Å². The molecule has 1 aliphatic rings. The molecule has 222 valence electrons. The number of carbonyl (C=O) groups is 3. The summed E-state index contributed by atoms with van der Waals surface area (Å²) in [6, 6.07) is 6.33. The number of ketones is 1. The molecule has 0 saturated heterocycles. The fraction of sp³-hybridized carbons (Fsp3) is 0.222. The molecule has 5 nitrogen and oxygen atoms in total. The van der Waals surface area contributed by atoms with Gasteiger partial charge < -0.3 is 10.6 Å². The van der Waals surface area contributed by atoms with Gasteiger partial charge in [-0.15, -0.1) is 23.2 Å². The molecule has 0 aromatic heterocycles. The van der Waals surface area contributed by atoms with Crippen LogP contribution in [-0.4, -0.2) is 21.9 Å². The highest BCUT2D eigenvalue weighted by atomic mass is 35.5. The Hall–Kier alpha value is -3.35. The van der Waals surface area contributed by atoms with E-state index in [1.54, 1.807) is 0 Å². The fourth-order valence-corrected chi connectivity index (χ4v) is 5.38. The van der Waals surface area contributed by atoms with Crippen LogP contribution in [0.1, 0.15) is 39.9 Å². The zero-order valence-electron chi connectivity index (χ0n) is 20.9. The van der Waals surface area contributed by atoms with Gasteiger partial charge in [-0.25, -0.2) is 17.6 Å². The number of Topliss-reactive ketones (excluding diaryl/α,β-unsaturated/α-hetero) is 1. The molecule has 3 aromatic carbocycles. The van der Waals surface area contributed by atoms with Gasteiger partial charge in [-0.3, -0.25) is 14.4 Å². The van der Waals surface area contributed by atoms with Crippen molar-refractivity contribution in [3.63, 3.8) is 0 Å². The molecule has 2 amide bonds. The van der Waals surface area contributed by atoms with Crippen LogP contribution in [0.3, 0.4) is 0 Å². The SMILES string of the molecule is CC(=O)Cc1cc(NC(=O)c2cc(NC(=O)[C@H]3[C@H](c4ccc(F)c(C(F)(F)F)c4)C3(Cl)Cl)ccc2Cl)c(F)c(F)c1F. The highest BCUT2D eigenvalue weighted by Gasteiger charge is 2.67. The third kappa shape index (κ3) is 6.20. The number of benzene rings is 3. The smallest absolute Gasteiger partial charge is 0.326 e. The molecule has 0 unspecified atom stereocenters. The number of carbonyl (C=O) groups excluding carboxylic acids is 3. The number of anilines is 2. The Kier molecular flexibility index (Phi) is 8.56. The van der Waals surface area contributed by atoms with Crippen LogP contribution in [0.15, 0.2) is 42.5 Å². The van der Waals surface area contributed by atoms with Gasteiger partial charge in [0.1, 0.15) is 15.9 Å². The molecule has 15 heteroatoms. The van der Waals surface area contributed by atoms with Gasteiger partial charge in [0.05, 0.1) is 27.8 Å². The van der Waals surface area contributed by atoms with Crippen LogP contribution in [0.25, 0.3) is 0 Å². The maximum atomic E-state index is 14.4. The number of nitrogens with one attached hydrogen (secondary N) is 2. The molecule has 0 bridgehead atoms. The molecule has 2 N–H and O–H groups in total. The molecule has 0 heterocycles. The maximum Gasteiger partial charge on any atom is 0.419 e. The Balaban J connectivity index is 1.55. The summed E-state index contributed by atoms with van der Waals surface area (Å²) < 4.78 is 93.8. The van der Waals surface area contributed by atoms with E-state index in [1.165, 1.54) is 12.1 Å². The molecule has 1 aliphatic carbocycles. The Morgan fingerprint density at radius 3 is 2.19 bits per heavy atom. The van der Waals surface area contributed by atoms with Crippen LogP contribution < -0.4 is 10.6 Å². The van der Waals surface area contributed by atoms with Gasteiger partial charge in [0.2, 0.25) is 5.91 Å². The van der Waals surface area contributed by atoms with Crippen molar-refractivity contribution < 1.29 is 45.1 Å². The number of alkyl halides is 5. The van der Waals surface area contributed by atoms with E-state index in [9.17, 15) is 45.1 Å². The molecule has 1 saturated carbocycles. The van der Waals surface area contributed by atoms with E-state index in [4.69, 9.17) is 34.8 Å². The van der Waals surface area contributed by atoms with Crippen LogP contribution in [0.4, 0.5) is 42.1 Å². The summed E-state index contributed by atoms with van der Waals surface area (Å²) in [5.74, 6) is -11.7. The summed E-state index contributed by atoms with van der Waals surface area (Å²) in [4.78, 5) is 37.2. The Morgan fingerprint density at radius 2 is 1.57 bits per heavy atom. The molecular formula is C27H16Cl3F7N2O3. The quantitative estimate of drug-likeness (QED) is 0.155. The van der Waals surface area contributed by atoms with Gasteiger partial charge in [-0.2, -0.15) is 13.2 Å². The molecule has 0 spiro atoms. The third-order valence-electron chi connectivity index (χ3n) is 6.38. The minimum absolute atomic E-state index is 0.0672. The van der Waals surface area contributed by atoms with Crippen LogP contribution in [-0.2, 0) is 22.2 Å². The number of halogens is 10. The van der Waals surface area contributed by atoms with E-state index >= 15 is 0 Å². The lowest BCUT2D eigenvalue weighted by Gasteiger charge is -2.13. The van der Waals surface area contributed by atoms with Crippen molar-refractivity contribution in [3.05, 3.63) is 93.0 Å². The molecule has 42 heavy (non-hydrogen) atoms. The van der Waals surface area contributed by atoms with Gasteiger partial charge in [0, 0.05) is 23.6 Å². The molecule has 0 aliphatic heterocycles. The van der Waals surface area contributed by atoms with Crippen molar-refractivity contribution in [2.75, 3.05) is 10.6 Å². The second-order valence-electron chi connectivity index (χ2n) is 9.41. The summed E-state index contributed by atoms with van der Waals surface area (Å²) in [6.45, 7) is 1.10.